The molecular formula is C26H23FIN5NaO4. The molecule has 0 bridgehead atoms. The second-order valence-electron chi connectivity index (χ2n) is 9.07. The topological polar surface area (TPSA) is 107 Å². The van der Waals surface area contributed by atoms with Gasteiger partial charge in [-0.25, -0.2) is 9.18 Å². The zero-order valence-electron chi connectivity index (χ0n) is 21.3. The van der Waals surface area contributed by atoms with Gasteiger partial charge in [0.2, 0.25) is 5.91 Å². The Balaban J connectivity index is 0.00000336. The van der Waals surface area contributed by atoms with Crippen LogP contribution in [0.4, 0.5) is 21.6 Å². The minimum atomic E-state index is -0.581. The summed E-state index contributed by atoms with van der Waals surface area (Å²) in [5.74, 6) is -0.753. The van der Waals surface area contributed by atoms with E-state index in [0.717, 1.165) is 0 Å². The number of nitrogens with zero attached hydrogens (tertiary/aromatic N) is 3. The van der Waals surface area contributed by atoms with Crippen molar-refractivity contribution in [2.45, 2.75) is 32.7 Å². The number of nitrogens with one attached hydrogen (secondary N) is 2. The largest absolute Gasteiger partial charge is 0.338 e. The number of aromatic nitrogens is 3. The van der Waals surface area contributed by atoms with Crippen LogP contribution in [0.3, 0.4) is 0 Å². The summed E-state index contributed by atoms with van der Waals surface area (Å²) in [6.45, 7) is 2.92. The van der Waals surface area contributed by atoms with Crippen molar-refractivity contribution < 1.29 is 9.18 Å². The SMILES string of the molecule is CC(=O)Nc1cccc(-n2c(=O)n(C3CC3)c(=O)c3c(Nc4ccc(I)cc4F)n(C)c(=O)c(C)c32)c1.[Na]. The summed E-state index contributed by atoms with van der Waals surface area (Å²) < 4.78 is 19.3. The number of aryl methyl sites for hydroxylation is 1. The summed E-state index contributed by atoms with van der Waals surface area (Å²) >= 11 is 1.99. The Morgan fingerprint density at radius 2 is 1.79 bits per heavy atom. The Hall–Kier alpha value is -2.74. The summed E-state index contributed by atoms with van der Waals surface area (Å²) in [5.41, 5.74) is -0.351. The van der Waals surface area contributed by atoms with Crippen LogP contribution in [0.25, 0.3) is 16.6 Å². The van der Waals surface area contributed by atoms with E-state index >= 15 is 0 Å². The number of benzene rings is 2. The van der Waals surface area contributed by atoms with Gasteiger partial charge in [0.05, 0.1) is 16.9 Å². The third-order valence-electron chi connectivity index (χ3n) is 6.36. The van der Waals surface area contributed by atoms with Gasteiger partial charge in [-0.2, -0.15) is 0 Å². The number of pyridine rings is 1. The Bertz CT molecular complexity index is 1790. The molecule has 0 spiro atoms. The average Bonchev–Trinajstić information content (AvgIpc) is 3.67. The van der Waals surface area contributed by atoms with E-state index in [-0.39, 0.29) is 69.5 Å². The van der Waals surface area contributed by atoms with Crippen molar-refractivity contribution in [2.75, 3.05) is 10.6 Å². The second-order valence-corrected chi connectivity index (χ2v) is 10.3. The molecule has 1 amide bonds. The van der Waals surface area contributed by atoms with Crippen LogP contribution in [-0.4, -0.2) is 49.2 Å². The normalized spacial score (nSPS) is 12.8. The quantitative estimate of drug-likeness (QED) is 0.257. The molecule has 38 heavy (non-hydrogen) atoms. The summed E-state index contributed by atoms with van der Waals surface area (Å²) in [4.78, 5) is 52.6. The van der Waals surface area contributed by atoms with E-state index in [1.54, 1.807) is 37.3 Å². The summed E-state index contributed by atoms with van der Waals surface area (Å²) in [6.07, 6.45) is 1.34. The van der Waals surface area contributed by atoms with Crippen LogP contribution in [0.1, 0.15) is 31.4 Å². The molecule has 0 saturated heterocycles. The first-order chi connectivity index (χ1) is 17.6. The number of hydrogen-bond donors (Lipinski definition) is 2. The van der Waals surface area contributed by atoms with Gasteiger partial charge < -0.3 is 10.6 Å². The first-order valence-corrected chi connectivity index (χ1v) is 12.7. The number of carbonyl (C=O) groups is 1. The van der Waals surface area contributed by atoms with Gasteiger partial charge in [0.25, 0.3) is 11.1 Å². The van der Waals surface area contributed by atoms with Crippen molar-refractivity contribution in [3.8, 4) is 5.69 Å². The zero-order valence-corrected chi connectivity index (χ0v) is 25.4. The van der Waals surface area contributed by atoms with Gasteiger partial charge in [-0.3, -0.25) is 28.1 Å². The van der Waals surface area contributed by atoms with Crippen molar-refractivity contribution in [1.29, 1.82) is 0 Å². The third kappa shape index (κ3) is 4.99. The van der Waals surface area contributed by atoms with Crippen LogP contribution in [-0.2, 0) is 11.8 Å². The van der Waals surface area contributed by atoms with Gasteiger partial charge in [-0.05, 0) is 78.8 Å². The zero-order chi connectivity index (χ0) is 26.6. The Labute approximate surface area is 252 Å². The molecule has 1 saturated carbocycles. The van der Waals surface area contributed by atoms with Crippen LogP contribution in [0.15, 0.2) is 56.8 Å². The Kier molecular flexibility index (Phi) is 8.03. The number of anilines is 3. The number of halogens is 2. The van der Waals surface area contributed by atoms with E-state index in [9.17, 15) is 23.6 Å². The predicted molar refractivity (Wildman–Crippen MR) is 155 cm³/mol. The smallest absolute Gasteiger partial charge is 0.336 e. The fourth-order valence-electron chi connectivity index (χ4n) is 4.50. The summed E-state index contributed by atoms with van der Waals surface area (Å²) in [7, 11) is 1.50. The van der Waals surface area contributed by atoms with Gasteiger partial charge in [-0.1, -0.05) is 6.07 Å². The average molecular weight is 638 g/mol. The van der Waals surface area contributed by atoms with E-state index in [2.05, 4.69) is 10.6 Å². The van der Waals surface area contributed by atoms with E-state index in [1.165, 1.54) is 39.8 Å². The number of hydrogen-bond acceptors (Lipinski definition) is 5. The first kappa shape index (κ1) is 28.3. The standard InChI is InChI=1S/C26H23FIN5O4.Na/c1-13-22-21(23(31(3)24(13)35)30-20-10-7-15(28)11-19(20)27)25(36)33(17-8-9-17)26(37)32(22)18-6-4-5-16(12-18)29-14(2)34;/h4-7,10-12,17,30H,8-9H2,1-3H3,(H,29,34);. The van der Waals surface area contributed by atoms with Crippen molar-refractivity contribution in [1.82, 2.24) is 13.7 Å². The molecule has 1 aliphatic rings. The number of fused-ring (bicyclic) bond motifs is 1. The van der Waals surface area contributed by atoms with Crippen molar-refractivity contribution in [3.05, 3.63) is 88.6 Å². The first-order valence-electron chi connectivity index (χ1n) is 11.6. The monoisotopic (exact) mass is 638 g/mol. The van der Waals surface area contributed by atoms with Crippen LogP contribution in [0.5, 0.6) is 0 Å². The fourth-order valence-corrected chi connectivity index (χ4v) is 4.95. The maximum absolute atomic E-state index is 14.8. The summed E-state index contributed by atoms with van der Waals surface area (Å²) in [6, 6.07) is 10.9. The Morgan fingerprint density at radius 3 is 2.42 bits per heavy atom. The van der Waals surface area contributed by atoms with Gasteiger partial charge in [0, 0.05) is 64.4 Å². The fraction of sp³-hybridized carbons (Fsp3) is 0.231. The molecule has 2 aromatic carbocycles. The number of rotatable bonds is 5. The molecule has 1 fully saturated rings. The molecule has 0 unspecified atom stereocenters. The molecular weight excluding hydrogens is 615 g/mol. The van der Waals surface area contributed by atoms with Crippen LogP contribution in [0.2, 0.25) is 0 Å². The molecule has 9 nitrogen and oxygen atoms in total. The van der Waals surface area contributed by atoms with Gasteiger partial charge in [0.15, 0.2) is 0 Å². The molecule has 4 aromatic rings. The Morgan fingerprint density at radius 1 is 1.08 bits per heavy atom. The van der Waals surface area contributed by atoms with Gasteiger partial charge in [-0.15, -0.1) is 0 Å². The van der Waals surface area contributed by atoms with Gasteiger partial charge >= 0.3 is 5.69 Å². The molecule has 12 heteroatoms. The summed E-state index contributed by atoms with van der Waals surface area (Å²) in [5, 5.41) is 5.72. The molecule has 5 rings (SSSR count). The maximum atomic E-state index is 14.8. The molecule has 0 aliphatic heterocycles. The molecule has 2 heterocycles. The minimum absolute atomic E-state index is 0. The van der Waals surface area contributed by atoms with Crippen LogP contribution < -0.4 is 27.4 Å². The maximum Gasteiger partial charge on any atom is 0.336 e. The number of carbonyl (C=O) groups excluding carboxylic acids is 1. The van der Waals surface area contributed by atoms with Crippen molar-refractivity contribution >= 4 is 86.2 Å². The van der Waals surface area contributed by atoms with Crippen LogP contribution >= 0.6 is 22.6 Å². The number of amides is 1. The van der Waals surface area contributed by atoms with E-state index in [1.807, 2.05) is 22.6 Å². The molecule has 1 radical (unpaired) electrons. The predicted octanol–water partition coefficient (Wildman–Crippen LogP) is 3.56. The third-order valence-corrected chi connectivity index (χ3v) is 7.04. The second kappa shape index (κ2) is 10.8. The van der Waals surface area contributed by atoms with E-state index in [4.69, 9.17) is 0 Å². The molecule has 2 N–H and O–H groups in total. The van der Waals surface area contributed by atoms with Crippen molar-refractivity contribution in [2.24, 2.45) is 7.05 Å². The van der Waals surface area contributed by atoms with Crippen LogP contribution in [0, 0.1) is 16.3 Å². The van der Waals surface area contributed by atoms with Gasteiger partial charge in [0.1, 0.15) is 17.0 Å². The molecule has 1 aliphatic carbocycles. The molecule has 191 valence electrons. The molecule has 2 aromatic heterocycles. The minimum Gasteiger partial charge on any atom is -0.338 e. The van der Waals surface area contributed by atoms with E-state index < -0.39 is 22.6 Å². The van der Waals surface area contributed by atoms with Crippen molar-refractivity contribution in [3.63, 3.8) is 0 Å². The molecule has 0 atom stereocenters. The van der Waals surface area contributed by atoms with E-state index in [0.29, 0.717) is 27.8 Å².